The van der Waals surface area contributed by atoms with Crippen LogP contribution in [0.4, 0.5) is 4.39 Å². The summed E-state index contributed by atoms with van der Waals surface area (Å²) in [4.78, 5) is 2.20. The molecule has 0 bridgehead atoms. The topological polar surface area (TPSA) is 32.7 Å². The Bertz CT molecular complexity index is 644. The summed E-state index contributed by atoms with van der Waals surface area (Å²) in [5.41, 5.74) is 3.16. The normalized spacial score (nSPS) is 20.4. The second-order valence-corrected chi connectivity index (χ2v) is 6.04. The van der Waals surface area contributed by atoms with E-state index in [-0.39, 0.29) is 11.9 Å². The number of aliphatic hydroxyl groups is 1. The summed E-state index contributed by atoms with van der Waals surface area (Å²) in [6.07, 6.45) is -0.586. The van der Waals surface area contributed by atoms with Crippen LogP contribution >= 0.6 is 0 Å². The van der Waals surface area contributed by atoms with Crippen LogP contribution in [0.5, 0.6) is 0 Å². The quantitative estimate of drug-likeness (QED) is 0.940. The first-order valence-electron chi connectivity index (χ1n) is 7.96. The van der Waals surface area contributed by atoms with Crippen LogP contribution < -0.4 is 0 Å². The predicted molar refractivity (Wildman–Crippen MR) is 87.7 cm³/mol. The summed E-state index contributed by atoms with van der Waals surface area (Å²) in [5.74, 6) is -0.285. The number of hydrogen-bond donors (Lipinski definition) is 1. The summed E-state index contributed by atoms with van der Waals surface area (Å²) in [6.45, 7) is 4.81. The lowest BCUT2D eigenvalue weighted by Crippen LogP contribution is -2.40. The Labute approximate surface area is 136 Å². The first-order valence-corrected chi connectivity index (χ1v) is 7.96. The second kappa shape index (κ2) is 7.21. The number of benzene rings is 2. The standard InChI is InChI=1S/C19H22FNO2/c1-14-4-2-3-5-17(14)19-13-21(10-11-23-19)12-18(22)15-6-8-16(20)9-7-15/h2-9,18-19,22H,10-13H2,1H3. The fraction of sp³-hybridized carbons (Fsp3) is 0.368. The van der Waals surface area contributed by atoms with Crippen LogP contribution in [-0.2, 0) is 4.74 Å². The van der Waals surface area contributed by atoms with Gasteiger partial charge in [-0.1, -0.05) is 36.4 Å². The number of nitrogens with zero attached hydrogens (tertiary/aromatic N) is 1. The van der Waals surface area contributed by atoms with E-state index in [1.807, 2.05) is 12.1 Å². The SMILES string of the molecule is Cc1ccccc1C1CN(CC(O)c2ccc(F)cc2)CCO1. The molecule has 2 aromatic rings. The summed E-state index contributed by atoms with van der Waals surface area (Å²) < 4.78 is 18.9. The first-order chi connectivity index (χ1) is 11.1. The van der Waals surface area contributed by atoms with Crippen molar-refractivity contribution >= 4 is 0 Å². The minimum Gasteiger partial charge on any atom is -0.387 e. The summed E-state index contributed by atoms with van der Waals surface area (Å²) in [5, 5.41) is 10.4. The molecule has 0 aromatic heterocycles. The molecule has 2 aromatic carbocycles. The van der Waals surface area contributed by atoms with Gasteiger partial charge < -0.3 is 9.84 Å². The number of rotatable bonds is 4. The molecule has 0 amide bonds. The van der Waals surface area contributed by atoms with Crippen LogP contribution in [-0.4, -0.2) is 36.2 Å². The summed E-state index contributed by atoms with van der Waals surface area (Å²) in [7, 11) is 0. The van der Waals surface area contributed by atoms with E-state index in [9.17, 15) is 9.50 Å². The van der Waals surface area contributed by atoms with Crippen molar-refractivity contribution in [2.24, 2.45) is 0 Å². The van der Waals surface area contributed by atoms with Crippen molar-refractivity contribution in [1.29, 1.82) is 0 Å². The largest absolute Gasteiger partial charge is 0.387 e. The van der Waals surface area contributed by atoms with E-state index >= 15 is 0 Å². The third kappa shape index (κ3) is 3.96. The number of aryl methyl sites for hydroxylation is 1. The Kier molecular flexibility index (Phi) is 5.06. The molecule has 1 heterocycles. The molecule has 0 spiro atoms. The van der Waals surface area contributed by atoms with Crippen LogP contribution in [0.15, 0.2) is 48.5 Å². The molecule has 0 radical (unpaired) electrons. The van der Waals surface area contributed by atoms with Gasteiger partial charge in [-0.2, -0.15) is 0 Å². The minimum absolute atomic E-state index is 0.0327. The smallest absolute Gasteiger partial charge is 0.123 e. The molecule has 3 rings (SSSR count). The van der Waals surface area contributed by atoms with Crippen molar-refractivity contribution in [2.45, 2.75) is 19.1 Å². The Hall–Kier alpha value is -1.75. The molecule has 1 aliphatic rings. The van der Waals surface area contributed by atoms with Gasteiger partial charge in [0.05, 0.1) is 18.8 Å². The number of halogens is 1. The third-order valence-corrected chi connectivity index (χ3v) is 4.37. The van der Waals surface area contributed by atoms with E-state index in [4.69, 9.17) is 4.74 Å². The van der Waals surface area contributed by atoms with Crippen molar-refractivity contribution in [3.8, 4) is 0 Å². The van der Waals surface area contributed by atoms with Crippen molar-refractivity contribution in [1.82, 2.24) is 4.90 Å². The number of aliphatic hydroxyl groups excluding tert-OH is 1. The van der Waals surface area contributed by atoms with Crippen LogP contribution in [0.1, 0.15) is 28.9 Å². The lowest BCUT2D eigenvalue weighted by Gasteiger charge is -2.34. The van der Waals surface area contributed by atoms with Crippen LogP contribution in [0.2, 0.25) is 0 Å². The highest BCUT2D eigenvalue weighted by atomic mass is 19.1. The maximum atomic E-state index is 13.0. The van der Waals surface area contributed by atoms with E-state index < -0.39 is 6.10 Å². The Morgan fingerprint density at radius 2 is 1.96 bits per heavy atom. The zero-order valence-corrected chi connectivity index (χ0v) is 13.3. The van der Waals surface area contributed by atoms with Crippen molar-refractivity contribution < 1.29 is 14.2 Å². The molecule has 1 aliphatic heterocycles. The fourth-order valence-electron chi connectivity index (χ4n) is 3.04. The van der Waals surface area contributed by atoms with Crippen molar-refractivity contribution in [2.75, 3.05) is 26.2 Å². The number of β-amino-alcohol motifs (C(OH)–C–C–N with tert-alkyl or cyclic N) is 1. The molecular formula is C19H22FNO2. The Morgan fingerprint density at radius 1 is 1.22 bits per heavy atom. The highest BCUT2D eigenvalue weighted by Gasteiger charge is 2.24. The van der Waals surface area contributed by atoms with E-state index in [1.54, 1.807) is 12.1 Å². The van der Waals surface area contributed by atoms with E-state index in [0.717, 1.165) is 18.7 Å². The van der Waals surface area contributed by atoms with Gasteiger partial charge in [0.1, 0.15) is 5.82 Å². The zero-order valence-electron chi connectivity index (χ0n) is 13.3. The van der Waals surface area contributed by atoms with Gasteiger partial charge in [0.15, 0.2) is 0 Å². The fourth-order valence-corrected chi connectivity index (χ4v) is 3.04. The average Bonchev–Trinajstić information content (AvgIpc) is 2.56. The Morgan fingerprint density at radius 3 is 2.70 bits per heavy atom. The van der Waals surface area contributed by atoms with Crippen LogP contribution in [0, 0.1) is 12.7 Å². The lowest BCUT2D eigenvalue weighted by molar-refractivity contribution is -0.0426. The van der Waals surface area contributed by atoms with Gasteiger partial charge >= 0.3 is 0 Å². The number of morpholine rings is 1. The lowest BCUT2D eigenvalue weighted by atomic mass is 10.0. The monoisotopic (exact) mass is 315 g/mol. The van der Waals surface area contributed by atoms with E-state index in [2.05, 4.69) is 24.0 Å². The van der Waals surface area contributed by atoms with E-state index in [1.165, 1.54) is 23.3 Å². The highest BCUT2D eigenvalue weighted by Crippen LogP contribution is 2.26. The first kappa shape index (κ1) is 16.1. The predicted octanol–water partition coefficient (Wildman–Crippen LogP) is 3.24. The molecule has 2 unspecified atom stereocenters. The maximum absolute atomic E-state index is 13.0. The molecule has 2 atom stereocenters. The Balaban J connectivity index is 1.64. The van der Waals surface area contributed by atoms with Crippen molar-refractivity contribution in [3.05, 3.63) is 71.0 Å². The minimum atomic E-state index is -0.619. The summed E-state index contributed by atoms with van der Waals surface area (Å²) in [6, 6.07) is 14.3. The molecular weight excluding hydrogens is 293 g/mol. The molecule has 23 heavy (non-hydrogen) atoms. The van der Waals surface area contributed by atoms with Gasteiger partial charge in [-0.3, -0.25) is 4.90 Å². The highest BCUT2D eigenvalue weighted by molar-refractivity contribution is 5.28. The molecule has 1 fully saturated rings. The van der Waals surface area contributed by atoms with Crippen molar-refractivity contribution in [3.63, 3.8) is 0 Å². The molecule has 4 heteroatoms. The van der Waals surface area contributed by atoms with Gasteiger partial charge in [0, 0.05) is 19.6 Å². The zero-order chi connectivity index (χ0) is 16.2. The van der Waals surface area contributed by atoms with Crippen LogP contribution in [0.25, 0.3) is 0 Å². The molecule has 0 saturated carbocycles. The molecule has 1 saturated heterocycles. The van der Waals surface area contributed by atoms with Gasteiger partial charge in [-0.15, -0.1) is 0 Å². The summed E-state index contributed by atoms with van der Waals surface area (Å²) >= 11 is 0. The maximum Gasteiger partial charge on any atom is 0.123 e. The van der Waals surface area contributed by atoms with Gasteiger partial charge in [0.2, 0.25) is 0 Å². The van der Waals surface area contributed by atoms with Gasteiger partial charge in [-0.05, 0) is 35.7 Å². The van der Waals surface area contributed by atoms with Crippen LogP contribution in [0.3, 0.4) is 0 Å². The molecule has 122 valence electrons. The average molecular weight is 315 g/mol. The molecule has 0 aliphatic carbocycles. The number of ether oxygens (including phenoxy) is 1. The number of hydrogen-bond acceptors (Lipinski definition) is 3. The van der Waals surface area contributed by atoms with E-state index in [0.29, 0.717) is 13.2 Å². The van der Waals surface area contributed by atoms with Gasteiger partial charge in [0.25, 0.3) is 0 Å². The molecule has 3 nitrogen and oxygen atoms in total. The second-order valence-electron chi connectivity index (χ2n) is 6.04. The van der Waals surface area contributed by atoms with Gasteiger partial charge in [-0.25, -0.2) is 4.39 Å². The molecule has 1 N–H and O–H groups in total. The third-order valence-electron chi connectivity index (χ3n) is 4.37.